The lowest BCUT2D eigenvalue weighted by atomic mass is 10.0. The summed E-state index contributed by atoms with van der Waals surface area (Å²) >= 11 is 6.47. The van der Waals surface area contributed by atoms with Crippen molar-refractivity contribution < 1.29 is 4.79 Å². The molecule has 0 fully saturated rings. The molecule has 0 atom stereocenters. The Labute approximate surface area is 167 Å². The average Bonchev–Trinajstić information content (AvgIpc) is 2.73. The van der Waals surface area contributed by atoms with Crippen molar-refractivity contribution in [3.8, 4) is 22.5 Å². The van der Waals surface area contributed by atoms with Crippen LogP contribution in [0.3, 0.4) is 0 Å². The van der Waals surface area contributed by atoms with Gasteiger partial charge >= 0.3 is 0 Å². The summed E-state index contributed by atoms with van der Waals surface area (Å²) in [6.45, 7) is 1.77. The maximum Gasteiger partial charge on any atom is 0.184 e. The predicted octanol–water partition coefficient (Wildman–Crippen LogP) is 5.19. The van der Waals surface area contributed by atoms with Crippen molar-refractivity contribution in [1.82, 2.24) is 15.0 Å². The number of nitrogen functional groups attached to an aromatic ring is 1. The number of aromatic nitrogens is 3. The van der Waals surface area contributed by atoms with E-state index in [-0.39, 0.29) is 17.3 Å². The lowest BCUT2D eigenvalue weighted by Gasteiger charge is -2.13. The van der Waals surface area contributed by atoms with Gasteiger partial charge in [0.2, 0.25) is 0 Å². The summed E-state index contributed by atoms with van der Waals surface area (Å²) in [7, 11) is 0. The number of hydrogen-bond acceptors (Lipinski definition) is 5. The first-order chi connectivity index (χ1) is 13.6. The van der Waals surface area contributed by atoms with Crippen molar-refractivity contribution in [3.63, 3.8) is 0 Å². The molecule has 2 N–H and O–H groups in total. The van der Waals surface area contributed by atoms with Crippen LogP contribution in [0.2, 0.25) is 5.02 Å². The molecular weight excluding hydrogens is 372 g/mol. The van der Waals surface area contributed by atoms with Gasteiger partial charge in [0, 0.05) is 29.1 Å². The minimum atomic E-state index is -0.153. The number of nitrogens with zero attached hydrogens (tertiary/aromatic N) is 3. The molecular formula is C22H17ClN4O. The zero-order chi connectivity index (χ0) is 19.7. The minimum Gasteiger partial charge on any atom is -0.382 e. The number of fused-ring (bicyclic) bond motifs is 1. The van der Waals surface area contributed by atoms with Gasteiger partial charge in [0.1, 0.15) is 5.69 Å². The summed E-state index contributed by atoms with van der Waals surface area (Å²) in [5, 5.41) is 1.39. The third kappa shape index (κ3) is 3.21. The number of halogens is 1. The van der Waals surface area contributed by atoms with Gasteiger partial charge < -0.3 is 5.73 Å². The Hall–Kier alpha value is -3.31. The molecule has 4 aromatic rings. The van der Waals surface area contributed by atoms with E-state index in [4.69, 9.17) is 17.3 Å². The molecule has 2 aromatic carbocycles. The van der Waals surface area contributed by atoms with Crippen LogP contribution in [0.15, 0.2) is 60.8 Å². The van der Waals surface area contributed by atoms with E-state index in [0.29, 0.717) is 28.3 Å². The number of pyridine rings is 1. The summed E-state index contributed by atoms with van der Waals surface area (Å²) in [5.74, 6) is -0.0255. The number of hydrogen-bond donors (Lipinski definition) is 1. The molecule has 0 saturated carbocycles. The zero-order valence-electron chi connectivity index (χ0n) is 15.2. The van der Waals surface area contributed by atoms with E-state index in [2.05, 4.69) is 15.0 Å². The van der Waals surface area contributed by atoms with E-state index in [1.165, 1.54) is 0 Å². The van der Waals surface area contributed by atoms with Gasteiger partial charge in [-0.15, -0.1) is 0 Å². The van der Waals surface area contributed by atoms with Crippen molar-refractivity contribution in [2.24, 2.45) is 0 Å². The number of benzene rings is 2. The first-order valence-electron chi connectivity index (χ1n) is 8.89. The van der Waals surface area contributed by atoms with Crippen LogP contribution in [0.4, 0.5) is 5.82 Å². The predicted molar refractivity (Wildman–Crippen MR) is 112 cm³/mol. The number of Topliss-reactive ketones (excluding diaryl/α,β-unsaturated/α-hetero) is 1. The van der Waals surface area contributed by atoms with Crippen LogP contribution in [0.1, 0.15) is 23.8 Å². The van der Waals surface area contributed by atoms with Crippen molar-refractivity contribution in [2.75, 3.05) is 5.73 Å². The monoisotopic (exact) mass is 388 g/mol. The van der Waals surface area contributed by atoms with E-state index in [1.54, 1.807) is 19.2 Å². The third-order valence-electron chi connectivity index (χ3n) is 4.49. The van der Waals surface area contributed by atoms with Crippen LogP contribution >= 0.6 is 11.6 Å². The standard InChI is InChI=1S/C22H17ClN4O/c1-2-17(28)21-22(24)27-19(13-7-4-3-5-8-13)20(26-21)15-11-14-9-6-10-25-18(14)16(23)12-15/h3-12H,2H2,1H3,(H2,24,27). The first-order valence-corrected chi connectivity index (χ1v) is 9.27. The first kappa shape index (κ1) is 18.1. The second-order valence-corrected chi connectivity index (χ2v) is 6.74. The van der Waals surface area contributed by atoms with Crippen molar-refractivity contribution in [1.29, 1.82) is 0 Å². The van der Waals surface area contributed by atoms with Crippen LogP contribution in [-0.4, -0.2) is 20.7 Å². The highest BCUT2D eigenvalue weighted by atomic mass is 35.5. The fourth-order valence-corrected chi connectivity index (χ4v) is 3.38. The molecule has 0 unspecified atom stereocenters. The largest absolute Gasteiger partial charge is 0.382 e. The number of ketones is 1. The molecule has 0 amide bonds. The molecule has 0 radical (unpaired) electrons. The maximum absolute atomic E-state index is 12.3. The summed E-state index contributed by atoms with van der Waals surface area (Å²) < 4.78 is 0. The van der Waals surface area contributed by atoms with Gasteiger partial charge in [0.25, 0.3) is 0 Å². The van der Waals surface area contributed by atoms with Gasteiger partial charge in [0.15, 0.2) is 11.6 Å². The molecule has 5 nitrogen and oxygen atoms in total. The van der Waals surface area contributed by atoms with Gasteiger partial charge in [-0.3, -0.25) is 9.78 Å². The van der Waals surface area contributed by atoms with Crippen LogP contribution in [-0.2, 0) is 0 Å². The average molecular weight is 389 g/mol. The zero-order valence-corrected chi connectivity index (χ0v) is 15.9. The van der Waals surface area contributed by atoms with Crippen molar-refractivity contribution >= 4 is 34.1 Å². The second-order valence-electron chi connectivity index (χ2n) is 6.33. The van der Waals surface area contributed by atoms with Crippen molar-refractivity contribution in [3.05, 3.63) is 71.5 Å². The van der Waals surface area contributed by atoms with E-state index in [9.17, 15) is 4.79 Å². The van der Waals surface area contributed by atoms with E-state index >= 15 is 0 Å². The van der Waals surface area contributed by atoms with Crippen LogP contribution in [0, 0.1) is 0 Å². The third-order valence-corrected chi connectivity index (χ3v) is 4.78. The summed E-state index contributed by atoms with van der Waals surface area (Å²) in [4.78, 5) is 25.8. The number of carbonyl (C=O) groups is 1. The summed E-state index contributed by atoms with van der Waals surface area (Å²) in [6.07, 6.45) is 2.00. The van der Waals surface area contributed by atoms with E-state index in [0.717, 1.165) is 16.5 Å². The second kappa shape index (κ2) is 7.37. The van der Waals surface area contributed by atoms with Gasteiger partial charge in [-0.2, -0.15) is 0 Å². The van der Waals surface area contributed by atoms with Crippen LogP contribution in [0.25, 0.3) is 33.4 Å². The molecule has 6 heteroatoms. The molecule has 2 aromatic heterocycles. The van der Waals surface area contributed by atoms with Crippen LogP contribution < -0.4 is 5.73 Å². The molecule has 0 spiro atoms. The molecule has 0 aliphatic carbocycles. The van der Waals surface area contributed by atoms with Gasteiger partial charge in [-0.05, 0) is 18.2 Å². The summed E-state index contributed by atoms with van der Waals surface area (Å²) in [5.41, 5.74) is 9.73. The number of rotatable bonds is 4. The van der Waals surface area contributed by atoms with Crippen molar-refractivity contribution in [2.45, 2.75) is 13.3 Å². The quantitative estimate of drug-likeness (QED) is 0.486. The lowest BCUT2D eigenvalue weighted by Crippen LogP contribution is -2.10. The van der Waals surface area contributed by atoms with E-state index < -0.39 is 0 Å². The minimum absolute atomic E-state index is 0.128. The van der Waals surface area contributed by atoms with Gasteiger partial charge in [0.05, 0.1) is 21.9 Å². The number of nitrogens with two attached hydrogens (primary N) is 1. The molecule has 4 rings (SSSR count). The molecule has 0 aliphatic heterocycles. The lowest BCUT2D eigenvalue weighted by molar-refractivity contribution is 0.0984. The van der Waals surface area contributed by atoms with Gasteiger partial charge in [-0.1, -0.05) is 54.9 Å². The molecule has 0 aliphatic rings. The molecule has 0 saturated heterocycles. The normalized spacial score (nSPS) is 10.9. The van der Waals surface area contributed by atoms with Gasteiger partial charge in [-0.25, -0.2) is 9.97 Å². The molecule has 2 heterocycles. The number of anilines is 1. The SMILES string of the molecule is CCC(=O)c1nc(-c2cc(Cl)c3ncccc3c2)c(-c2ccccc2)nc1N. The fraction of sp³-hybridized carbons (Fsp3) is 0.0909. The highest BCUT2D eigenvalue weighted by Gasteiger charge is 2.19. The van der Waals surface area contributed by atoms with E-state index in [1.807, 2.05) is 48.5 Å². The Morgan fingerprint density at radius 3 is 2.50 bits per heavy atom. The Morgan fingerprint density at radius 2 is 1.75 bits per heavy atom. The maximum atomic E-state index is 12.3. The Balaban J connectivity index is 2.02. The molecule has 28 heavy (non-hydrogen) atoms. The molecule has 138 valence electrons. The fourth-order valence-electron chi connectivity index (χ4n) is 3.10. The number of carbonyl (C=O) groups excluding carboxylic acids is 1. The highest BCUT2D eigenvalue weighted by Crippen LogP contribution is 2.35. The Kier molecular flexibility index (Phi) is 4.75. The Bertz CT molecular complexity index is 1190. The summed E-state index contributed by atoms with van der Waals surface area (Å²) in [6, 6.07) is 17.1. The smallest absolute Gasteiger partial charge is 0.184 e. The topological polar surface area (TPSA) is 81.8 Å². The van der Waals surface area contributed by atoms with Crippen LogP contribution in [0.5, 0.6) is 0 Å². The molecule has 0 bridgehead atoms. The Morgan fingerprint density at radius 1 is 1.00 bits per heavy atom. The highest BCUT2D eigenvalue weighted by molar-refractivity contribution is 6.35.